The van der Waals surface area contributed by atoms with Crippen molar-refractivity contribution in [2.75, 3.05) is 19.6 Å². The number of nitrogens with one attached hydrogen (secondary N) is 1. The minimum absolute atomic E-state index is 0.308. The summed E-state index contributed by atoms with van der Waals surface area (Å²) in [5, 5.41) is 3.50. The van der Waals surface area contributed by atoms with E-state index in [4.69, 9.17) is 0 Å². The second-order valence-corrected chi connectivity index (χ2v) is 4.37. The molecular weight excluding hydrogens is 136 g/mol. The van der Waals surface area contributed by atoms with Gasteiger partial charge in [0.05, 0.1) is 0 Å². The Balaban J connectivity index is 2.46. The zero-order valence-electron chi connectivity index (χ0n) is 8.15. The predicted octanol–water partition coefficient (Wildman–Crippen LogP) is 1.08. The van der Waals surface area contributed by atoms with Crippen molar-refractivity contribution in [3.05, 3.63) is 0 Å². The van der Waals surface area contributed by atoms with Crippen LogP contribution in [0.3, 0.4) is 0 Å². The molecule has 66 valence electrons. The maximum absolute atomic E-state index is 3.50. The van der Waals surface area contributed by atoms with Crippen LogP contribution in [0.4, 0.5) is 0 Å². The number of hydrogen-bond acceptors (Lipinski definition) is 2. The van der Waals surface area contributed by atoms with E-state index in [1.165, 1.54) is 13.1 Å². The molecule has 0 aromatic carbocycles. The molecule has 1 heterocycles. The van der Waals surface area contributed by atoms with Gasteiger partial charge in [-0.1, -0.05) is 0 Å². The van der Waals surface area contributed by atoms with Crippen molar-refractivity contribution in [1.29, 1.82) is 0 Å². The van der Waals surface area contributed by atoms with E-state index in [1.54, 1.807) is 0 Å². The number of piperazine rings is 1. The van der Waals surface area contributed by atoms with Gasteiger partial charge in [-0.2, -0.15) is 0 Å². The normalized spacial score (nSPS) is 25.9. The third-order valence-electron chi connectivity index (χ3n) is 2.33. The maximum Gasteiger partial charge on any atom is 0.0252 e. The highest BCUT2D eigenvalue weighted by molar-refractivity contribution is 4.87. The fraction of sp³-hybridized carbons (Fsp3) is 1.00. The fourth-order valence-corrected chi connectivity index (χ4v) is 1.62. The standard InChI is InChI=1S/C9H20N2/c1-8(2)11-6-5-10-9(3,4)7-11/h8,10H,5-7H2,1-4H3. The summed E-state index contributed by atoms with van der Waals surface area (Å²) in [5.74, 6) is 0. The van der Waals surface area contributed by atoms with Crippen molar-refractivity contribution in [2.24, 2.45) is 0 Å². The van der Waals surface area contributed by atoms with Crippen LogP contribution in [0.25, 0.3) is 0 Å². The van der Waals surface area contributed by atoms with Crippen LogP contribution in [0, 0.1) is 0 Å². The molecule has 0 saturated carbocycles. The SMILES string of the molecule is CC(C)N1CCNC(C)(C)C1. The Labute approximate surface area is 70.0 Å². The Bertz CT molecular complexity index is 130. The molecule has 1 saturated heterocycles. The van der Waals surface area contributed by atoms with Crippen LogP contribution in [-0.2, 0) is 0 Å². The maximum atomic E-state index is 3.50. The van der Waals surface area contributed by atoms with Gasteiger partial charge in [0.25, 0.3) is 0 Å². The highest BCUT2D eigenvalue weighted by atomic mass is 15.2. The molecule has 1 rings (SSSR count). The lowest BCUT2D eigenvalue weighted by atomic mass is 10.0. The van der Waals surface area contributed by atoms with Gasteiger partial charge in [-0.05, 0) is 27.7 Å². The molecule has 0 bridgehead atoms. The Morgan fingerprint density at radius 2 is 2.00 bits per heavy atom. The molecule has 1 N–H and O–H groups in total. The van der Waals surface area contributed by atoms with E-state index < -0.39 is 0 Å². The third-order valence-corrected chi connectivity index (χ3v) is 2.33. The van der Waals surface area contributed by atoms with Crippen LogP contribution < -0.4 is 5.32 Å². The van der Waals surface area contributed by atoms with E-state index in [9.17, 15) is 0 Å². The lowest BCUT2D eigenvalue weighted by Crippen LogP contribution is -2.58. The minimum atomic E-state index is 0.308. The topological polar surface area (TPSA) is 15.3 Å². The Morgan fingerprint density at radius 3 is 2.36 bits per heavy atom. The molecule has 1 aliphatic heterocycles. The molecule has 0 aliphatic carbocycles. The highest BCUT2D eigenvalue weighted by Gasteiger charge is 2.26. The van der Waals surface area contributed by atoms with Gasteiger partial charge in [0.15, 0.2) is 0 Å². The van der Waals surface area contributed by atoms with E-state index in [0.717, 1.165) is 6.54 Å². The summed E-state index contributed by atoms with van der Waals surface area (Å²) in [6.07, 6.45) is 0. The number of rotatable bonds is 1. The summed E-state index contributed by atoms with van der Waals surface area (Å²) in [5.41, 5.74) is 0.308. The zero-order valence-corrected chi connectivity index (χ0v) is 8.15. The smallest absolute Gasteiger partial charge is 0.0252 e. The molecule has 11 heavy (non-hydrogen) atoms. The Kier molecular flexibility index (Phi) is 2.55. The summed E-state index contributed by atoms with van der Waals surface area (Å²) >= 11 is 0. The van der Waals surface area contributed by atoms with Crippen molar-refractivity contribution in [3.8, 4) is 0 Å². The second kappa shape index (κ2) is 3.11. The largest absolute Gasteiger partial charge is 0.309 e. The van der Waals surface area contributed by atoms with Crippen LogP contribution >= 0.6 is 0 Å². The first-order chi connectivity index (χ1) is 5.01. The summed E-state index contributed by atoms with van der Waals surface area (Å²) < 4.78 is 0. The van der Waals surface area contributed by atoms with Crippen LogP contribution in [-0.4, -0.2) is 36.1 Å². The first-order valence-corrected chi connectivity index (χ1v) is 4.50. The molecule has 0 aromatic heterocycles. The third kappa shape index (κ3) is 2.46. The van der Waals surface area contributed by atoms with Crippen molar-refractivity contribution >= 4 is 0 Å². The molecule has 1 aliphatic rings. The predicted molar refractivity (Wildman–Crippen MR) is 48.8 cm³/mol. The first-order valence-electron chi connectivity index (χ1n) is 4.50. The van der Waals surface area contributed by atoms with Gasteiger partial charge in [-0.3, -0.25) is 4.90 Å². The quantitative estimate of drug-likeness (QED) is 0.611. The summed E-state index contributed by atoms with van der Waals surface area (Å²) in [6, 6.07) is 0.691. The summed E-state index contributed by atoms with van der Waals surface area (Å²) in [6.45, 7) is 12.6. The van der Waals surface area contributed by atoms with E-state index in [2.05, 4.69) is 37.9 Å². The van der Waals surface area contributed by atoms with E-state index >= 15 is 0 Å². The van der Waals surface area contributed by atoms with Crippen molar-refractivity contribution in [2.45, 2.75) is 39.3 Å². The Morgan fingerprint density at radius 1 is 1.36 bits per heavy atom. The van der Waals surface area contributed by atoms with E-state index in [1.807, 2.05) is 0 Å². The molecule has 0 amide bonds. The van der Waals surface area contributed by atoms with Gasteiger partial charge in [-0.15, -0.1) is 0 Å². The lowest BCUT2D eigenvalue weighted by Gasteiger charge is -2.41. The van der Waals surface area contributed by atoms with Gasteiger partial charge < -0.3 is 5.32 Å². The average molecular weight is 156 g/mol. The molecule has 0 radical (unpaired) electrons. The summed E-state index contributed by atoms with van der Waals surface area (Å²) in [7, 11) is 0. The fourth-order valence-electron chi connectivity index (χ4n) is 1.62. The van der Waals surface area contributed by atoms with Gasteiger partial charge in [0.2, 0.25) is 0 Å². The molecule has 0 spiro atoms. The lowest BCUT2D eigenvalue weighted by molar-refractivity contribution is 0.124. The van der Waals surface area contributed by atoms with Crippen molar-refractivity contribution in [3.63, 3.8) is 0 Å². The van der Waals surface area contributed by atoms with Gasteiger partial charge >= 0.3 is 0 Å². The molecule has 1 fully saturated rings. The summed E-state index contributed by atoms with van der Waals surface area (Å²) in [4.78, 5) is 2.52. The average Bonchev–Trinajstić information content (AvgIpc) is 1.85. The second-order valence-electron chi connectivity index (χ2n) is 4.37. The van der Waals surface area contributed by atoms with Crippen LogP contribution in [0.1, 0.15) is 27.7 Å². The van der Waals surface area contributed by atoms with Crippen LogP contribution in [0.5, 0.6) is 0 Å². The molecule has 2 heteroatoms. The monoisotopic (exact) mass is 156 g/mol. The molecule has 2 nitrogen and oxygen atoms in total. The molecular formula is C9H20N2. The molecule has 0 atom stereocenters. The first kappa shape index (κ1) is 9.01. The van der Waals surface area contributed by atoms with Crippen molar-refractivity contribution in [1.82, 2.24) is 10.2 Å². The van der Waals surface area contributed by atoms with Gasteiger partial charge in [0, 0.05) is 31.2 Å². The van der Waals surface area contributed by atoms with E-state index in [0.29, 0.717) is 11.6 Å². The number of nitrogens with zero attached hydrogens (tertiary/aromatic N) is 1. The molecule has 0 aromatic rings. The van der Waals surface area contributed by atoms with E-state index in [-0.39, 0.29) is 0 Å². The Hall–Kier alpha value is -0.0800. The number of hydrogen-bond donors (Lipinski definition) is 1. The van der Waals surface area contributed by atoms with Gasteiger partial charge in [-0.25, -0.2) is 0 Å². The minimum Gasteiger partial charge on any atom is -0.309 e. The van der Waals surface area contributed by atoms with Gasteiger partial charge in [0.1, 0.15) is 0 Å². The van der Waals surface area contributed by atoms with Crippen molar-refractivity contribution < 1.29 is 0 Å². The van der Waals surface area contributed by atoms with Crippen LogP contribution in [0.15, 0.2) is 0 Å². The highest BCUT2D eigenvalue weighted by Crippen LogP contribution is 2.12. The van der Waals surface area contributed by atoms with Crippen LogP contribution in [0.2, 0.25) is 0 Å². The molecule has 0 unspecified atom stereocenters. The zero-order chi connectivity index (χ0) is 8.48.